The van der Waals surface area contributed by atoms with Crippen molar-refractivity contribution in [1.29, 1.82) is 0 Å². The van der Waals surface area contributed by atoms with Gasteiger partial charge in [-0.1, -0.05) is 26.8 Å². The van der Waals surface area contributed by atoms with Gasteiger partial charge in [-0.15, -0.1) is 0 Å². The molecule has 9 heavy (non-hydrogen) atoms. The number of rotatable bonds is 4. The largest absolute Gasteiger partial charge is 0.320 e. The molecule has 0 heterocycles. The smallest absolute Gasteiger partial charge is 0.0277 e. The van der Waals surface area contributed by atoms with Crippen LogP contribution in [0.5, 0.6) is 0 Å². The molecule has 1 nitrogen and oxygen atoms in total. The van der Waals surface area contributed by atoms with Gasteiger partial charge in [0.1, 0.15) is 0 Å². The van der Waals surface area contributed by atoms with E-state index in [4.69, 9.17) is 0 Å². The van der Waals surface area contributed by atoms with Gasteiger partial charge in [0.15, 0.2) is 0 Å². The average Bonchev–Trinajstić information content (AvgIpc) is 1.64. The van der Waals surface area contributed by atoms with Gasteiger partial charge in [-0.25, -0.2) is 0 Å². The Bertz CT molecular complexity index is 63.3. The second kappa shape index (κ2) is 4.07. The molecule has 0 aromatic rings. The summed E-state index contributed by atoms with van der Waals surface area (Å²) in [5.41, 5.74) is 0. The minimum Gasteiger partial charge on any atom is -0.320 e. The van der Waals surface area contributed by atoms with E-state index in [0.29, 0.717) is 5.04 Å². The third kappa shape index (κ3) is 4.67. The predicted octanol–water partition coefficient (Wildman–Crippen LogP) is 1.01. The molecule has 0 rings (SSSR count). The lowest BCUT2D eigenvalue weighted by molar-refractivity contribution is 0.608. The van der Waals surface area contributed by atoms with Crippen LogP contribution in [0.15, 0.2) is 0 Å². The molecule has 0 amide bonds. The van der Waals surface area contributed by atoms with Crippen LogP contribution in [0.3, 0.4) is 0 Å². The molecule has 0 saturated carbocycles. The van der Waals surface area contributed by atoms with Crippen molar-refractivity contribution in [2.75, 3.05) is 13.6 Å². The van der Waals surface area contributed by atoms with Gasteiger partial charge < -0.3 is 5.32 Å². The molecule has 0 aliphatic carbocycles. The molecule has 56 valence electrons. The second-order valence-electron chi connectivity index (χ2n) is 3.44. The molecule has 0 bridgehead atoms. The summed E-state index contributed by atoms with van der Waals surface area (Å²) in [6, 6.07) is 1.43. The van der Waals surface area contributed by atoms with Gasteiger partial charge in [0.25, 0.3) is 0 Å². The van der Waals surface area contributed by atoms with Crippen LogP contribution >= 0.6 is 0 Å². The maximum atomic E-state index is 3.23. The maximum absolute atomic E-state index is 3.23. The van der Waals surface area contributed by atoms with Crippen molar-refractivity contribution in [3.8, 4) is 0 Å². The van der Waals surface area contributed by atoms with Gasteiger partial charge in [-0.2, -0.15) is 0 Å². The topological polar surface area (TPSA) is 12.0 Å². The molecule has 0 aliphatic heterocycles. The number of hydrogen-bond donors (Lipinski definition) is 1. The summed E-state index contributed by atoms with van der Waals surface area (Å²) in [6.45, 7) is 8.20. The van der Waals surface area contributed by atoms with E-state index in [9.17, 15) is 0 Å². The van der Waals surface area contributed by atoms with E-state index >= 15 is 0 Å². The van der Waals surface area contributed by atoms with Gasteiger partial charge >= 0.3 is 0 Å². The molecule has 0 fully saturated rings. The fourth-order valence-electron chi connectivity index (χ4n) is 1.24. The van der Waals surface area contributed by atoms with E-state index in [-0.39, 0.29) is 9.52 Å². The molecule has 0 atom stereocenters. The lowest BCUT2D eigenvalue weighted by Gasteiger charge is -2.22. The zero-order valence-corrected chi connectivity index (χ0v) is 8.54. The Hall–Kier alpha value is 0.177. The maximum Gasteiger partial charge on any atom is 0.0277 e. The zero-order valence-electron chi connectivity index (χ0n) is 7.12. The van der Waals surface area contributed by atoms with Gasteiger partial charge in [-0.05, 0) is 18.6 Å². The number of hydrogen-bond acceptors (Lipinski definition) is 1. The molecule has 0 radical (unpaired) electrons. The first-order chi connectivity index (χ1) is 4.12. The van der Waals surface area contributed by atoms with E-state index < -0.39 is 0 Å². The highest BCUT2D eigenvalue weighted by atomic mass is 28.2. The predicted molar refractivity (Wildman–Crippen MR) is 47.0 cm³/mol. The third-order valence-electron chi connectivity index (χ3n) is 1.58. The molecule has 0 aliphatic rings. The summed E-state index contributed by atoms with van der Waals surface area (Å²) in [4.78, 5) is 0. The Balaban J connectivity index is 3.43. The first-order valence-corrected chi connectivity index (χ1v) is 5.47. The van der Waals surface area contributed by atoms with Crippen molar-refractivity contribution < 1.29 is 0 Å². The third-order valence-corrected chi connectivity index (χ3v) is 3.69. The molecule has 0 saturated heterocycles. The minimum absolute atomic E-state index is 0.176. The van der Waals surface area contributed by atoms with Crippen molar-refractivity contribution in [2.45, 2.75) is 31.9 Å². The van der Waals surface area contributed by atoms with E-state index in [0.717, 1.165) is 0 Å². The summed E-state index contributed by atoms with van der Waals surface area (Å²) in [7, 11) is 2.21. The standard InChI is InChI=1S/C7H19NSi/c1-5-9-7(2,3)6-8-4/h8H,5-6,9H2,1-4H3. The summed E-state index contributed by atoms with van der Waals surface area (Å²) in [6.07, 6.45) is 0. The van der Waals surface area contributed by atoms with Crippen molar-refractivity contribution in [3.05, 3.63) is 0 Å². The average molecular weight is 145 g/mol. The zero-order chi connectivity index (χ0) is 7.33. The SMILES string of the molecule is CC[SiH2]C(C)(C)CNC. The summed E-state index contributed by atoms with van der Waals surface area (Å²) < 4.78 is 0. The summed E-state index contributed by atoms with van der Waals surface area (Å²) in [5, 5.41) is 3.86. The Labute approximate surface area is 61.1 Å². The van der Waals surface area contributed by atoms with E-state index in [1.165, 1.54) is 12.6 Å². The lowest BCUT2D eigenvalue weighted by Crippen LogP contribution is -2.25. The Morgan fingerprint density at radius 3 is 2.33 bits per heavy atom. The van der Waals surface area contributed by atoms with Crippen LogP contribution in [0, 0.1) is 0 Å². The second-order valence-corrected chi connectivity index (χ2v) is 6.86. The van der Waals surface area contributed by atoms with Gasteiger partial charge in [0.05, 0.1) is 0 Å². The van der Waals surface area contributed by atoms with Crippen molar-refractivity contribution in [2.24, 2.45) is 0 Å². The van der Waals surface area contributed by atoms with E-state index in [1.807, 2.05) is 7.05 Å². The lowest BCUT2D eigenvalue weighted by atomic mass is 10.2. The van der Waals surface area contributed by atoms with Crippen molar-refractivity contribution in [3.63, 3.8) is 0 Å². The molecule has 0 aromatic heterocycles. The molecular weight excluding hydrogens is 126 g/mol. The fourth-order valence-corrected chi connectivity index (χ4v) is 3.02. The first kappa shape index (κ1) is 9.18. The Morgan fingerprint density at radius 2 is 2.00 bits per heavy atom. The van der Waals surface area contributed by atoms with Crippen LogP contribution in [-0.4, -0.2) is 23.1 Å². The van der Waals surface area contributed by atoms with E-state index in [2.05, 4.69) is 26.1 Å². The number of nitrogens with one attached hydrogen (secondary N) is 1. The van der Waals surface area contributed by atoms with Crippen LogP contribution in [0.1, 0.15) is 20.8 Å². The molecule has 2 heteroatoms. The van der Waals surface area contributed by atoms with Crippen LogP contribution < -0.4 is 5.32 Å². The summed E-state index contributed by atoms with van der Waals surface area (Å²) >= 11 is 0. The highest BCUT2D eigenvalue weighted by Gasteiger charge is 2.14. The van der Waals surface area contributed by atoms with Crippen LogP contribution in [0.25, 0.3) is 0 Å². The van der Waals surface area contributed by atoms with E-state index in [1.54, 1.807) is 0 Å². The van der Waals surface area contributed by atoms with Gasteiger partial charge in [0, 0.05) is 9.52 Å². The monoisotopic (exact) mass is 145 g/mol. The quantitative estimate of drug-likeness (QED) is 0.582. The highest BCUT2D eigenvalue weighted by Crippen LogP contribution is 2.21. The van der Waals surface area contributed by atoms with Crippen LogP contribution in [-0.2, 0) is 0 Å². The Kier molecular flexibility index (Phi) is 4.15. The van der Waals surface area contributed by atoms with Crippen LogP contribution in [0.4, 0.5) is 0 Å². The summed E-state index contributed by atoms with van der Waals surface area (Å²) in [5.74, 6) is 0. The molecule has 0 unspecified atom stereocenters. The van der Waals surface area contributed by atoms with Gasteiger partial charge in [0.2, 0.25) is 0 Å². The molecular formula is C7H19NSi. The van der Waals surface area contributed by atoms with Crippen molar-refractivity contribution >= 4 is 9.52 Å². The first-order valence-electron chi connectivity index (χ1n) is 3.77. The van der Waals surface area contributed by atoms with Gasteiger partial charge in [-0.3, -0.25) is 0 Å². The van der Waals surface area contributed by atoms with Crippen molar-refractivity contribution in [1.82, 2.24) is 5.32 Å². The fraction of sp³-hybridized carbons (Fsp3) is 1.00. The molecule has 0 aromatic carbocycles. The Morgan fingerprint density at radius 1 is 1.44 bits per heavy atom. The molecule has 1 N–H and O–H groups in total. The van der Waals surface area contributed by atoms with Crippen LogP contribution in [0.2, 0.25) is 11.1 Å². The minimum atomic E-state index is 0.176. The normalized spacial score (nSPS) is 13.3. The highest BCUT2D eigenvalue weighted by molar-refractivity contribution is 6.39. The molecule has 0 spiro atoms.